The summed E-state index contributed by atoms with van der Waals surface area (Å²) in [6, 6.07) is 7.15. The SMILES string of the molecule is C=C1C[C@]2(C)CC[C@H]([Si](C)(C)C)[C@H]1N2NS(=O)(=O)c1ccc(C)cc1. The zero-order chi connectivity index (χ0) is 18.6. The Kier molecular flexibility index (Phi) is 4.55. The molecule has 2 aliphatic heterocycles. The van der Waals surface area contributed by atoms with Crippen LogP contribution >= 0.6 is 0 Å². The second kappa shape index (κ2) is 6.05. The fourth-order valence-corrected chi connectivity index (χ4v) is 8.00. The zero-order valence-corrected chi connectivity index (χ0v) is 17.8. The number of sulfonamides is 1. The van der Waals surface area contributed by atoms with Crippen molar-refractivity contribution in [2.24, 2.45) is 0 Å². The van der Waals surface area contributed by atoms with Crippen molar-refractivity contribution < 1.29 is 8.42 Å². The van der Waals surface area contributed by atoms with Gasteiger partial charge in [0.05, 0.1) is 4.90 Å². The van der Waals surface area contributed by atoms with Gasteiger partial charge in [0.1, 0.15) is 0 Å². The minimum absolute atomic E-state index is 0.116. The number of aryl methyl sites for hydroxylation is 1. The highest BCUT2D eigenvalue weighted by atomic mass is 32.2. The van der Waals surface area contributed by atoms with Crippen molar-refractivity contribution in [1.82, 2.24) is 9.84 Å². The van der Waals surface area contributed by atoms with Crippen LogP contribution in [0.25, 0.3) is 0 Å². The van der Waals surface area contributed by atoms with Crippen molar-refractivity contribution in [3.63, 3.8) is 0 Å². The molecular formula is C19H30N2O2SSi. The monoisotopic (exact) mass is 378 g/mol. The molecule has 0 spiro atoms. The van der Waals surface area contributed by atoms with E-state index in [2.05, 4.69) is 38.0 Å². The lowest BCUT2D eigenvalue weighted by Gasteiger charge is -2.48. The Morgan fingerprint density at radius 1 is 1.24 bits per heavy atom. The van der Waals surface area contributed by atoms with E-state index in [4.69, 9.17) is 0 Å². The summed E-state index contributed by atoms with van der Waals surface area (Å²) in [6.45, 7) is 15.6. The van der Waals surface area contributed by atoms with Gasteiger partial charge < -0.3 is 0 Å². The maximum absolute atomic E-state index is 13.0. The quantitative estimate of drug-likeness (QED) is 0.634. The largest absolute Gasteiger partial charge is 0.253 e. The molecule has 2 heterocycles. The number of rotatable bonds is 4. The van der Waals surface area contributed by atoms with Crippen LogP contribution in [0.2, 0.25) is 25.2 Å². The van der Waals surface area contributed by atoms with Crippen LogP contribution in [0.5, 0.6) is 0 Å². The highest BCUT2D eigenvalue weighted by Crippen LogP contribution is 2.53. The molecule has 1 aromatic carbocycles. The standard InChI is InChI=1S/C19H30N2O2SSi/c1-14-7-9-16(10-8-14)24(22,23)20-21-18-15(2)13-19(21,3)12-11-17(18)25(4,5)6/h7-10,17-18,20H,2,11-13H2,1,3-6H3/t17-,18-,19-/m0/s1. The molecule has 0 radical (unpaired) electrons. The van der Waals surface area contributed by atoms with E-state index >= 15 is 0 Å². The maximum atomic E-state index is 13.0. The summed E-state index contributed by atoms with van der Waals surface area (Å²) in [5, 5.41) is 2.02. The molecule has 0 unspecified atom stereocenters. The number of nitrogens with one attached hydrogen (secondary N) is 1. The summed E-state index contributed by atoms with van der Waals surface area (Å²) < 4.78 is 25.9. The Hall–Kier alpha value is -0.953. The molecular weight excluding hydrogens is 348 g/mol. The number of hydrogen-bond acceptors (Lipinski definition) is 3. The van der Waals surface area contributed by atoms with Crippen LogP contribution in [-0.2, 0) is 10.0 Å². The van der Waals surface area contributed by atoms with Crippen LogP contribution < -0.4 is 4.83 Å². The van der Waals surface area contributed by atoms with Gasteiger partial charge in [-0.1, -0.05) is 49.5 Å². The first-order chi connectivity index (χ1) is 11.4. The average Bonchev–Trinajstić information content (AvgIpc) is 2.62. The van der Waals surface area contributed by atoms with Crippen molar-refractivity contribution in [3.8, 4) is 0 Å². The molecule has 3 rings (SSSR count). The highest BCUT2D eigenvalue weighted by molar-refractivity contribution is 7.89. The minimum atomic E-state index is -3.58. The molecule has 2 fully saturated rings. The van der Waals surface area contributed by atoms with Crippen molar-refractivity contribution in [2.45, 2.75) is 74.8 Å². The van der Waals surface area contributed by atoms with Crippen LogP contribution in [0.1, 0.15) is 31.7 Å². The number of fused-ring (bicyclic) bond motifs is 2. The summed E-state index contributed by atoms with van der Waals surface area (Å²) >= 11 is 0. The smallest absolute Gasteiger partial charge is 0.217 e. The third-order valence-electron chi connectivity index (χ3n) is 5.92. The summed E-state index contributed by atoms with van der Waals surface area (Å²) in [7, 11) is -5.01. The first kappa shape index (κ1) is 18.8. The van der Waals surface area contributed by atoms with Crippen LogP contribution in [0, 0.1) is 6.92 Å². The van der Waals surface area contributed by atoms with Gasteiger partial charge in [-0.2, -0.15) is 0 Å². The maximum Gasteiger partial charge on any atom is 0.253 e. The van der Waals surface area contributed by atoms with E-state index < -0.39 is 18.1 Å². The van der Waals surface area contributed by atoms with Crippen LogP contribution in [0.3, 0.4) is 0 Å². The van der Waals surface area contributed by atoms with Crippen molar-refractivity contribution in [3.05, 3.63) is 42.0 Å². The third-order valence-corrected chi connectivity index (χ3v) is 10.1. The average molecular weight is 379 g/mol. The molecule has 1 N–H and O–H groups in total. The second-order valence-corrected chi connectivity index (χ2v) is 16.2. The van der Waals surface area contributed by atoms with Crippen molar-refractivity contribution in [2.75, 3.05) is 0 Å². The van der Waals surface area contributed by atoms with Crippen molar-refractivity contribution >= 4 is 18.1 Å². The molecule has 25 heavy (non-hydrogen) atoms. The molecule has 2 bridgehead atoms. The predicted octanol–water partition coefficient (Wildman–Crippen LogP) is 4.08. The summed E-state index contributed by atoms with van der Waals surface area (Å²) in [6.07, 6.45) is 3.04. The fraction of sp³-hybridized carbons (Fsp3) is 0.579. The normalized spacial score (nSPS) is 30.7. The van der Waals surface area contributed by atoms with E-state index in [-0.39, 0.29) is 11.6 Å². The molecule has 1 aromatic rings. The van der Waals surface area contributed by atoms with E-state index in [1.54, 1.807) is 12.1 Å². The van der Waals surface area contributed by atoms with Gasteiger partial charge in [0, 0.05) is 19.7 Å². The van der Waals surface area contributed by atoms with Crippen molar-refractivity contribution in [1.29, 1.82) is 0 Å². The first-order valence-corrected chi connectivity index (χ1v) is 14.1. The molecule has 2 aliphatic rings. The molecule has 138 valence electrons. The van der Waals surface area contributed by atoms with E-state index in [1.165, 1.54) is 12.0 Å². The molecule has 0 aliphatic carbocycles. The predicted molar refractivity (Wildman–Crippen MR) is 106 cm³/mol. The lowest BCUT2D eigenvalue weighted by Crippen LogP contribution is -2.61. The summed E-state index contributed by atoms with van der Waals surface area (Å²) in [5.74, 6) is 0. The minimum Gasteiger partial charge on any atom is -0.217 e. The Balaban J connectivity index is 1.95. The first-order valence-electron chi connectivity index (χ1n) is 9.00. The van der Waals surface area contributed by atoms with E-state index in [0.717, 1.165) is 18.4 Å². The number of hydrazine groups is 1. The molecule has 2 saturated heterocycles. The Bertz CT molecular complexity index is 783. The van der Waals surface area contributed by atoms with Gasteiger partial charge in [0.15, 0.2) is 0 Å². The van der Waals surface area contributed by atoms with E-state index in [0.29, 0.717) is 10.4 Å². The lowest BCUT2D eigenvalue weighted by atomic mass is 9.92. The molecule has 0 amide bonds. The number of hydrogen-bond donors (Lipinski definition) is 1. The lowest BCUT2D eigenvalue weighted by molar-refractivity contribution is 0.0459. The highest BCUT2D eigenvalue weighted by Gasteiger charge is 2.55. The number of nitrogens with zero attached hydrogens (tertiary/aromatic N) is 1. The van der Waals surface area contributed by atoms with Crippen LogP contribution in [0.4, 0.5) is 0 Å². The number of benzene rings is 1. The summed E-state index contributed by atoms with van der Waals surface area (Å²) in [4.78, 5) is 3.25. The van der Waals surface area contributed by atoms with Gasteiger partial charge in [-0.25, -0.2) is 13.4 Å². The van der Waals surface area contributed by atoms with E-state index in [9.17, 15) is 8.42 Å². The van der Waals surface area contributed by atoms with Gasteiger partial charge in [0.2, 0.25) is 0 Å². The molecule has 0 aromatic heterocycles. The summed E-state index contributed by atoms with van der Waals surface area (Å²) in [5.41, 5.74) is 2.59. The van der Waals surface area contributed by atoms with Crippen LogP contribution in [-0.4, -0.2) is 33.1 Å². The van der Waals surface area contributed by atoms with Gasteiger partial charge in [-0.3, -0.25) is 0 Å². The molecule has 0 saturated carbocycles. The number of piperidine rings is 1. The third kappa shape index (κ3) is 3.37. The molecule has 6 heteroatoms. The van der Waals surface area contributed by atoms with E-state index in [1.807, 2.05) is 24.1 Å². The fourth-order valence-electron chi connectivity index (χ4n) is 4.47. The zero-order valence-electron chi connectivity index (χ0n) is 16.0. The van der Waals surface area contributed by atoms with Crippen LogP contribution in [0.15, 0.2) is 41.3 Å². The topological polar surface area (TPSA) is 49.4 Å². The Morgan fingerprint density at radius 2 is 1.84 bits per heavy atom. The Labute approximate surface area is 153 Å². The Morgan fingerprint density at radius 3 is 2.40 bits per heavy atom. The van der Waals surface area contributed by atoms with Gasteiger partial charge >= 0.3 is 0 Å². The van der Waals surface area contributed by atoms with Gasteiger partial charge in [-0.15, -0.1) is 4.83 Å². The molecule has 3 atom stereocenters. The van der Waals surface area contributed by atoms with Gasteiger partial charge in [-0.05, 0) is 50.8 Å². The molecule has 4 nitrogen and oxygen atoms in total. The second-order valence-electron chi connectivity index (χ2n) is 9.07. The van der Waals surface area contributed by atoms with Gasteiger partial charge in [0.25, 0.3) is 10.0 Å².